The summed E-state index contributed by atoms with van der Waals surface area (Å²) in [5.74, 6) is 0.528. The lowest BCUT2D eigenvalue weighted by molar-refractivity contribution is -0.121. The van der Waals surface area contributed by atoms with Crippen molar-refractivity contribution in [2.45, 2.75) is 71.9 Å². The fourth-order valence-corrected chi connectivity index (χ4v) is 2.33. The largest absolute Gasteiger partial charge is 0.394 e. The summed E-state index contributed by atoms with van der Waals surface area (Å²) in [5.41, 5.74) is 0. The van der Waals surface area contributed by atoms with Gasteiger partial charge in [0.2, 0.25) is 5.91 Å². The van der Waals surface area contributed by atoms with Crippen LogP contribution in [0.4, 0.5) is 0 Å². The Balaban J connectivity index is 0.00000154. The molecule has 1 amide bonds. The van der Waals surface area contributed by atoms with Crippen LogP contribution in [0, 0.1) is 5.92 Å². The minimum atomic E-state index is -0.295. The fourth-order valence-electron chi connectivity index (χ4n) is 2.33. The summed E-state index contributed by atoms with van der Waals surface area (Å²) in [4.78, 5) is 10.9. The minimum Gasteiger partial charge on any atom is -0.394 e. The molecule has 1 aliphatic rings. The summed E-state index contributed by atoms with van der Waals surface area (Å²) in [6.45, 7) is 8.03. The molecule has 0 heterocycles. The van der Waals surface area contributed by atoms with E-state index < -0.39 is 0 Å². The smallest absolute Gasteiger partial charge is 0.217 e. The van der Waals surface area contributed by atoms with Gasteiger partial charge in [0.15, 0.2) is 0 Å². The van der Waals surface area contributed by atoms with Crippen LogP contribution in [0.3, 0.4) is 0 Å². The third kappa shape index (κ3) is 8.22. The van der Waals surface area contributed by atoms with Crippen LogP contribution in [0.15, 0.2) is 0 Å². The van der Waals surface area contributed by atoms with E-state index in [1.54, 1.807) is 0 Å². The van der Waals surface area contributed by atoms with Gasteiger partial charge >= 0.3 is 0 Å². The Morgan fingerprint density at radius 2 is 1.89 bits per heavy atom. The van der Waals surface area contributed by atoms with Crippen molar-refractivity contribution in [2.24, 2.45) is 5.92 Å². The normalized spacial score (nSPS) is 19.0. The molecular formula is C15H31NO3. The van der Waals surface area contributed by atoms with Gasteiger partial charge in [0, 0.05) is 13.5 Å². The number of aliphatic hydroxyl groups is 1. The molecule has 2 unspecified atom stereocenters. The lowest BCUT2D eigenvalue weighted by Crippen LogP contribution is -2.45. The van der Waals surface area contributed by atoms with Gasteiger partial charge in [-0.15, -0.1) is 0 Å². The average molecular weight is 273 g/mol. The van der Waals surface area contributed by atoms with Gasteiger partial charge in [-0.2, -0.15) is 0 Å². The molecule has 1 aliphatic carbocycles. The number of nitrogens with one attached hydrogen (secondary N) is 1. The summed E-state index contributed by atoms with van der Waals surface area (Å²) >= 11 is 0. The highest BCUT2D eigenvalue weighted by molar-refractivity contribution is 5.73. The first-order chi connectivity index (χ1) is 9.13. The van der Waals surface area contributed by atoms with Crippen LogP contribution >= 0.6 is 0 Å². The Kier molecular flexibility index (Phi) is 10.9. The van der Waals surface area contributed by atoms with Crippen LogP contribution < -0.4 is 5.32 Å². The molecule has 114 valence electrons. The number of carbonyl (C=O) groups excluding carboxylic acids is 1. The van der Waals surface area contributed by atoms with Crippen LogP contribution in [0.1, 0.15) is 59.8 Å². The van der Waals surface area contributed by atoms with E-state index in [0.29, 0.717) is 5.92 Å². The first-order valence-electron chi connectivity index (χ1n) is 7.63. The molecule has 0 radical (unpaired) electrons. The molecule has 0 saturated heterocycles. The van der Waals surface area contributed by atoms with Crippen molar-refractivity contribution in [3.63, 3.8) is 0 Å². The maximum Gasteiger partial charge on any atom is 0.217 e. The van der Waals surface area contributed by atoms with E-state index in [2.05, 4.69) is 5.32 Å². The van der Waals surface area contributed by atoms with E-state index in [9.17, 15) is 9.90 Å². The van der Waals surface area contributed by atoms with Crippen molar-refractivity contribution < 1.29 is 14.6 Å². The highest BCUT2D eigenvalue weighted by Crippen LogP contribution is 2.24. The first-order valence-corrected chi connectivity index (χ1v) is 7.63. The van der Waals surface area contributed by atoms with Crippen molar-refractivity contribution in [1.82, 2.24) is 5.32 Å². The summed E-state index contributed by atoms with van der Waals surface area (Å²) in [6.07, 6.45) is 6.31. The van der Waals surface area contributed by atoms with Crippen LogP contribution in [-0.4, -0.2) is 36.4 Å². The van der Waals surface area contributed by atoms with Crippen molar-refractivity contribution in [2.75, 3.05) is 13.2 Å². The second kappa shape index (κ2) is 11.2. The van der Waals surface area contributed by atoms with E-state index in [1.807, 2.05) is 20.8 Å². The third-order valence-electron chi connectivity index (χ3n) is 3.47. The summed E-state index contributed by atoms with van der Waals surface area (Å²) in [5, 5.41) is 11.9. The average Bonchev–Trinajstić information content (AvgIpc) is 2.45. The van der Waals surface area contributed by atoms with Crippen LogP contribution in [0.25, 0.3) is 0 Å². The molecule has 1 rings (SSSR count). The molecule has 0 spiro atoms. The van der Waals surface area contributed by atoms with Gasteiger partial charge < -0.3 is 15.2 Å². The predicted molar refractivity (Wildman–Crippen MR) is 78.0 cm³/mol. The molecule has 2 atom stereocenters. The molecule has 0 bridgehead atoms. The zero-order chi connectivity index (χ0) is 14.7. The van der Waals surface area contributed by atoms with Crippen molar-refractivity contribution in [1.29, 1.82) is 0 Å². The monoisotopic (exact) mass is 273 g/mol. The Bertz CT molecular complexity index is 227. The van der Waals surface area contributed by atoms with Gasteiger partial charge in [-0.3, -0.25) is 4.79 Å². The van der Waals surface area contributed by atoms with E-state index in [-0.39, 0.29) is 24.7 Å². The molecule has 4 nitrogen and oxygen atoms in total. The Morgan fingerprint density at radius 3 is 2.37 bits per heavy atom. The Morgan fingerprint density at radius 1 is 1.32 bits per heavy atom. The Hall–Kier alpha value is -0.610. The van der Waals surface area contributed by atoms with Gasteiger partial charge in [0.05, 0.1) is 18.8 Å². The number of amides is 1. The second-order valence-corrected chi connectivity index (χ2v) is 5.03. The number of hydrogen-bond donors (Lipinski definition) is 2. The van der Waals surface area contributed by atoms with Gasteiger partial charge in [-0.25, -0.2) is 0 Å². The quantitative estimate of drug-likeness (QED) is 0.781. The molecule has 0 aliphatic heterocycles. The zero-order valence-corrected chi connectivity index (χ0v) is 12.9. The van der Waals surface area contributed by atoms with E-state index >= 15 is 0 Å². The minimum absolute atomic E-state index is 0.0780. The topological polar surface area (TPSA) is 58.6 Å². The second-order valence-electron chi connectivity index (χ2n) is 5.03. The lowest BCUT2D eigenvalue weighted by atomic mass is 9.90. The molecule has 0 aromatic heterocycles. The zero-order valence-electron chi connectivity index (χ0n) is 12.9. The van der Waals surface area contributed by atoms with Crippen LogP contribution in [0.2, 0.25) is 0 Å². The summed E-state index contributed by atoms with van der Waals surface area (Å²) in [7, 11) is 0. The molecule has 1 fully saturated rings. The van der Waals surface area contributed by atoms with Crippen LogP contribution in [0.5, 0.6) is 0 Å². The number of rotatable bonds is 6. The molecule has 4 heteroatoms. The van der Waals surface area contributed by atoms with Crippen molar-refractivity contribution in [3.05, 3.63) is 0 Å². The molecule has 2 N–H and O–H groups in total. The predicted octanol–water partition coefficient (Wildman–Crippen LogP) is 2.50. The molecular weight excluding hydrogens is 242 g/mol. The highest BCUT2D eigenvalue weighted by Gasteiger charge is 2.20. The molecule has 0 aromatic rings. The highest BCUT2D eigenvalue weighted by atomic mass is 16.5. The summed E-state index contributed by atoms with van der Waals surface area (Å²) in [6, 6.07) is -0.295. The first kappa shape index (κ1) is 18.4. The Labute approximate surface area is 117 Å². The standard InChI is InChI=1S/C13H25NO3.C2H6/c1-10(13(8-15)14-11(2)16)17-9-12-6-4-3-5-7-12;1-2/h10,12-13,15H,3-9H2,1-2H3,(H,14,16);1-2H3. The van der Waals surface area contributed by atoms with E-state index in [4.69, 9.17) is 4.74 Å². The third-order valence-corrected chi connectivity index (χ3v) is 3.47. The summed E-state index contributed by atoms with van der Waals surface area (Å²) < 4.78 is 5.76. The number of ether oxygens (including phenoxy) is 1. The van der Waals surface area contributed by atoms with E-state index in [1.165, 1.54) is 39.0 Å². The maximum atomic E-state index is 10.9. The maximum absolute atomic E-state index is 10.9. The van der Waals surface area contributed by atoms with Crippen LogP contribution in [-0.2, 0) is 9.53 Å². The number of aliphatic hydroxyl groups excluding tert-OH is 1. The molecule has 0 aromatic carbocycles. The molecule has 19 heavy (non-hydrogen) atoms. The number of hydrogen-bond acceptors (Lipinski definition) is 3. The lowest BCUT2D eigenvalue weighted by Gasteiger charge is -2.27. The van der Waals surface area contributed by atoms with Gasteiger partial charge in [-0.1, -0.05) is 33.1 Å². The van der Waals surface area contributed by atoms with Gasteiger partial charge in [0.1, 0.15) is 0 Å². The van der Waals surface area contributed by atoms with Crippen molar-refractivity contribution in [3.8, 4) is 0 Å². The van der Waals surface area contributed by atoms with Crippen molar-refractivity contribution >= 4 is 5.91 Å². The van der Waals surface area contributed by atoms with E-state index in [0.717, 1.165) is 6.61 Å². The van der Waals surface area contributed by atoms with Gasteiger partial charge in [-0.05, 0) is 25.7 Å². The van der Waals surface area contributed by atoms with Gasteiger partial charge in [0.25, 0.3) is 0 Å². The SMILES string of the molecule is CC.CC(=O)NC(CO)C(C)OCC1CCCCC1. The molecule has 1 saturated carbocycles. The number of carbonyl (C=O) groups is 1. The fraction of sp³-hybridized carbons (Fsp3) is 0.933.